The predicted octanol–water partition coefficient (Wildman–Crippen LogP) is -0.531. The third kappa shape index (κ3) is 3.89. The Bertz CT molecular complexity index is 527. The van der Waals surface area contributed by atoms with Gasteiger partial charge in [-0.3, -0.25) is 4.55 Å². The summed E-state index contributed by atoms with van der Waals surface area (Å²) in [7, 11) is -4.50. The van der Waals surface area contributed by atoms with Crippen molar-refractivity contribution >= 4 is 22.4 Å². The van der Waals surface area contributed by atoms with Gasteiger partial charge >= 0.3 is 16.1 Å². The summed E-state index contributed by atoms with van der Waals surface area (Å²) in [5, 5.41) is -0.699. The summed E-state index contributed by atoms with van der Waals surface area (Å²) in [6.07, 6.45) is 1.57. The van der Waals surface area contributed by atoms with Crippen molar-refractivity contribution in [3.05, 3.63) is 18.1 Å². The lowest BCUT2D eigenvalue weighted by atomic mass is 10.5. The van der Waals surface area contributed by atoms with E-state index in [1.165, 1.54) is 0 Å². The molecule has 0 aliphatic heterocycles. The zero-order valence-electron chi connectivity index (χ0n) is 8.44. The number of hydrogen-bond donors (Lipinski definition) is 1. The standard InChI is InChI=1S/C8H8N2O6S/c11-4-1-5-16-8(12)7-9-3-2-6(10-7)17(13,14)15/h2-4H,1,5H2,(H,13,14,15). The van der Waals surface area contributed by atoms with Gasteiger partial charge in [-0.1, -0.05) is 0 Å². The highest BCUT2D eigenvalue weighted by Gasteiger charge is 2.17. The number of ether oxygens (including phenoxy) is 1. The summed E-state index contributed by atoms with van der Waals surface area (Å²) in [5.41, 5.74) is 0. The van der Waals surface area contributed by atoms with E-state index in [0.717, 1.165) is 12.3 Å². The third-order valence-electron chi connectivity index (χ3n) is 1.55. The van der Waals surface area contributed by atoms with Crippen LogP contribution >= 0.6 is 0 Å². The lowest BCUT2D eigenvalue weighted by molar-refractivity contribution is -0.108. The zero-order chi connectivity index (χ0) is 12.9. The average molecular weight is 260 g/mol. The molecule has 9 heteroatoms. The van der Waals surface area contributed by atoms with Crippen LogP contribution in [0, 0.1) is 0 Å². The highest BCUT2D eigenvalue weighted by Crippen LogP contribution is 2.04. The maximum absolute atomic E-state index is 11.3. The summed E-state index contributed by atoms with van der Waals surface area (Å²) in [4.78, 5) is 28.0. The van der Waals surface area contributed by atoms with Gasteiger partial charge in [-0.05, 0) is 6.07 Å². The third-order valence-corrected chi connectivity index (χ3v) is 2.30. The van der Waals surface area contributed by atoms with Gasteiger partial charge in [0.2, 0.25) is 5.82 Å². The van der Waals surface area contributed by atoms with Crippen LogP contribution in [0.1, 0.15) is 17.0 Å². The summed E-state index contributed by atoms with van der Waals surface area (Å²) >= 11 is 0. The van der Waals surface area contributed by atoms with E-state index in [0.29, 0.717) is 6.29 Å². The van der Waals surface area contributed by atoms with E-state index in [-0.39, 0.29) is 13.0 Å². The largest absolute Gasteiger partial charge is 0.459 e. The van der Waals surface area contributed by atoms with Crippen LogP contribution in [-0.2, 0) is 19.6 Å². The van der Waals surface area contributed by atoms with Gasteiger partial charge in [-0.15, -0.1) is 0 Å². The number of rotatable bonds is 5. The molecule has 1 aromatic rings. The van der Waals surface area contributed by atoms with Gasteiger partial charge in [0.25, 0.3) is 0 Å². The molecule has 0 radical (unpaired) electrons. The first-order valence-electron chi connectivity index (χ1n) is 4.36. The molecule has 92 valence electrons. The van der Waals surface area contributed by atoms with Crippen molar-refractivity contribution in [1.29, 1.82) is 0 Å². The van der Waals surface area contributed by atoms with E-state index in [9.17, 15) is 18.0 Å². The van der Waals surface area contributed by atoms with Gasteiger partial charge in [0.1, 0.15) is 6.29 Å². The highest BCUT2D eigenvalue weighted by molar-refractivity contribution is 7.85. The molecule has 0 aliphatic rings. The van der Waals surface area contributed by atoms with Gasteiger partial charge < -0.3 is 9.53 Å². The fraction of sp³-hybridized carbons (Fsp3) is 0.250. The number of nitrogens with zero attached hydrogens (tertiary/aromatic N) is 2. The molecule has 0 aromatic carbocycles. The van der Waals surface area contributed by atoms with Crippen LogP contribution < -0.4 is 0 Å². The number of carbonyl (C=O) groups is 2. The minimum Gasteiger partial charge on any atom is -0.459 e. The molecule has 1 heterocycles. The molecule has 0 saturated heterocycles. The molecule has 1 N–H and O–H groups in total. The molecule has 0 saturated carbocycles. The maximum atomic E-state index is 11.3. The average Bonchev–Trinajstić information content (AvgIpc) is 2.28. The normalized spacial score (nSPS) is 10.9. The summed E-state index contributed by atoms with van der Waals surface area (Å²) in [5.74, 6) is -1.48. The van der Waals surface area contributed by atoms with Gasteiger partial charge in [-0.25, -0.2) is 14.8 Å². The molecule has 0 spiro atoms. The molecule has 1 aromatic heterocycles. The Morgan fingerprint density at radius 1 is 1.53 bits per heavy atom. The first kappa shape index (κ1) is 13.2. The van der Waals surface area contributed by atoms with Gasteiger partial charge in [0.15, 0.2) is 5.03 Å². The number of esters is 1. The van der Waals surface area contributed by atoms with E-state index in [1.54, 1.807) is 0 Å². The molecular weight excluding hydrogens is 252 g/mol. The number of aldehydes is 1. The molecule has 0 amide bonds. The van der Waals surface area contributed by atoms with E-state index in [1.807, 2.05) is 0 Å². The Morgan fingerprint density at radius 2 is 2.24 bits per heavy atom. The smallest absolute Gasteiger partial charge is 0.376 e. The maximum Gasteiger partial charge on any atom is 0.376 e. The van der Waals surface area contributed by atoms with E-state index in [2.05, 4.69) is 14.7 Å². The van der Waals surface area contributed by atoms with E-state index < -0.39 is 26.9 Å². The molecule has 17 heavy (non-hydrogen) atoms. The van der Waals surface area contributed by atoms with Crippen molar-refractivity contribution in [2.75, 3.05) is 6.61 Å². The van der Waals surface area contributed by atoms with E-state index in [4.69, 9.17) is 4.55 Å². The van der Waals surface area contributed by atoms with Crippen LogP contribution in [0.4, 0.5) is 0 Å². The summed E-state index contributed by atoms with van der Waals surface area (Å²) in [6, 6.07) is 0.928. The predicted molar refractivity (Wildman–Crippen MR) is 52.8 cm³/mol. The zero-order valence-corrected chi connectivity index (χ0v) is 9.25. The second-order valence-corrected chi connectivity index (χ2v) is 4.15. The lowest BCUT2D eigenvalue weighted by Crippen LogP contribution is -2.13. The van der Waals surface area contributed by atoms with Gasteiger partial charge in [-0.2, -0.15) is 8.42 Å². The van der Waals surface area contributed by atoms with Gasteiger partial charge in [0.05, 0.1) is 6.61 Å². The topological polar surface area (TPSA) is 124 Å². The Balaban J connectivity index is 2.85. The monoisotopic (exact) mass is 260 g/mol. The fourth-order valence-electron chi connectivity index (χ4n) is 0.848. The van der Waals surface area contributed by atoms with Crippen LogP contribution in [0.3, 0.4) is 0 Å². The first-order valence-corrected chi connectivity index (χ1v) is 5.80. The summed E-state index contributed by atoms with van der Waals surface area (Å²) < 4.78 is 34.7. The van der Waals surface area contributed by atoms with Crippen LogP contribution in [0.25, 0.3) is 0 Å². The Labute approximate surface area is 96.4 Å². The second kappa shape index (κ2) is 5.46. The summed E-state index contributed by atoms with van der Waals surface area (Å²) in [6.45, 7) is -0.151. The van der Waals surface area contributed by atoms with Crippen molar-refractivity contribution in [3.63, 3.8) is 0 Å². The highest BCUT2D eigenvalue weighted by atomic mass is 32.2. The quantitative estimate of drug-likeness (QED) is 0.246. The minimum absolute atomic E-state index is 0.0176. The number of hydrogen-bond acceptors (Lipinski definition) is 7. The van der Waals surface area contributed by atoms with Crippen molar-refractivity contribution in [1.82, 2.24) is 9.97 Å². The van der Waals surface area contributed by atoms with Crippen molar-refractivity contribution in [3.8, 4) is 0 Å². The minimum atomic E-state index is -4.50. The second-order valence-electron chi connectivity index (χ2n) is 2.78. The van der Waals surface area contributed by atoms with Crippen LogP contribution in [0.2, 0.25) is 0 Å². The Morgan fingerprint density at radius 3 is 2.82 bits per heavy atom. The van der Waals surface area contributed by atoms with Crippen molar-refractivity contribution in [2.24, 2.45) is 0 Å². The van der Waals surface area contributed by atoms with Crippen LogP contribution in [0.15, 0.2) is 17.3 Å². The van der Waals surface area contributed by atoms with Gasteiger partial charge in [0, 0.05) is 12.6 Å². The molecule has 0 bridgehead atoms. The molecule has 1 rings (SSSR count). The van der Waals surface area contributed by atoms with E-state index >= 15 is 0 Å². The lowest BCUT2D eigenvalue weighted by Gasteiger charge is -2.01. The Hall–Kier alpha value is -1.87. The molecular formula is C8H8N2O6S. The first-order chi connectivity index (χ1) is 7.95. The molecule has 0 atom stereocenters. The number of carbonyl (C=O) groups excluding carboxylic acids is 2. The van der Waals surface area contributed by atoms with Crippen LogP contribution in [-0.4, -0.2) is 41.8 Å². The Kier molecular flexibility index (Phi) is 4.24. The molecule has 0 unspecified atom stereocenters. The number of aromatic nitrogens is 2. The van der Waals surface area contributed by atoms with Crippen molar-refractivity contribution < 1.29 is 27.3 Å². The SMILES string of the molecule is O=CCCOC(=O)c1nccc(S(=O)(=O)O)n1. The molecule has 0 aliphatic carbocycles. The fourth-order valence-corrected chi connectivity index (χ4v) is 1.28. The molecule has 0 fully saturated rings. The van der Waals surface area contributed by atoms with Crippen LogP contribution in [0.5, 0.6) is 0 Å². The van der Waals surface area contributed by atoms with Crippen molar-refractivity contribution in [2.45, 2.75) is 11.4 Å². The molecule has 8 nitrogen and oxygen atoms in total.